The molecule has 1 aromatic heterocycles. The van der Waals surface area contributed by atoms with Crippen LogP contribution in [-0.2, 0) is 4.79 Å². The number of aromatic amines is 1. The average molecular weight is 304 g/mol. The molecule has 1 amide bonds. The summed E-state index contributed by atoms with van der Waals surface area (Å²) in [5.41, 5.74) is -0.234. The molecule has 2 N–H and O–H groups in total. The minimum Gasteiger partial charge on any atom is -0.480 e. The summed E-state index contributed by atoms with van der Waals surface area (Å²) in [6.07, 6.45) is 0. The molecule has 0 spiro atoms. The van der Waals surface area contributed by atoms with Crippen LogP contribution in [0.1, 0.15) is 10.5 Å². The van der Waals surface area contributed by atoms with Crippen LogP contribution >= 0.6 is 11.8 Å². The highest BCUT2D eigenvalue weighted by atomic mass is 32.2. The van der Waals surface area contributed by atoms with Crippen molar-refractivity contribution >= 4 is 34.4 Å². The van der Waals surface area contributed by atoms with E-state index in [0.29, 0.717) is 22.4 Å². The van der Waals surface area contributed by atoms with Crippen molar-refractivity contribution in [2.75, 3.05) is 11.6 Å². The number of carbonyl (C=O) groups excluding carboxylic acids is 1. The van der Waals surface area contributed by atoms with Crippen LogP contribution in [0.3, 0.4) is 0 Å². The fraction of sp³-hybridized carbons (Fsp3) is 0.214. The zero-order chi connectivity index (χ0) is 15.0. The molecule has 1 atom stereocenters. The maximum Gasteiger partial charge on any atom is 0.327 e. The normalized spacial score (nSPS) is 18.1. The molecule has 6 nitrogen and oxygen atoms in total. The number of fused-ring (bicyclic) bond motifs is 1. The number of thioether (sulfide) groups is 1. The minimum atomic E-state index is -1.03. The lowest BCUT2D eigenvalue weighted by atomic mass is 10.1. The number of hydrogen-bond acceptors (Lipinski definition) is 4. The van der Waals surface area contributed by atoms with Gasteiger partial charge in [0.2, 0.25) is 0 Å². The molecule has 0 radical (unpaired) electrons. The summed E-state index contributed by atoms with van der Waals surface area (Å²) in [5, 5.41) is 10.3. The third-order valence-corrected chi connectivity index (χ3v) is 4.42. The lowest BCUT2D eigenvalue weighted by Gasteiger charge is -2.20. The van der Waals surface area contributed by atoms with Crippen molar-refractivity contribution < 1.29 is 14.7 Å². The second-order valence-electron chi connectivity index (χ2n) is 4.73. The topological polar surface area (TPSA) is 90.5 Å². The molecule has 2 heterocycles. The van der Waals surface area contributed by atoms with Crippen molar-refractivity contribution in [3.8, 4) is 0 Å². The zero-order valence-electron chi connectivity index (χ0n) is 10.9. The van der Waals surface area contributed by atoms with E-state index in [1.807, 2.05) is 0 Å². The van der Waals surface area contributed by atoms with Gasteiger partial charge in [0.05, 0.1) is 5.88 Å². The molecule has 1 fully saturated rings. The summed E-state index contributed by atoms with van der Waals surface area (Å²) in [6, 6.07) is 7.68. The lowest BCUT2D eigenvalue weighted by Crippen LogP contribution is -2.42. The first-order valence-electron chi connectivity index (χ1n) is 6.31. The molecule has 1 saturated heterocycles. The van der Waals surface area contributed by atoms with Gasteiger partial charge >= 0.3 is 5.97 Å². The Hall–Kier alpha value is -2.28. The number of H-pyrrole nitrogens is 1. The van der Waals surface area contributed by atoms with E-state index in [4.69, 9.17) is 5.11 Å². The molecule has 21 heavy (non-hydrogen) atoms. The van der Waals surface area contributed by atoms with Crippen molar-refractivity contribution in [1.82, 2.24) is 9.88 Å². The Morgan fingerprint density at radius 1 is 1.33 bits per heavy atom. The lowest BCUT2D eigenvalue weighted by molar-refractivity contribution is -0.140. The van der Waals surface area contributed by atoms with Crippen molar-refractivity contribution in [3.63, 3.8) is 0 Å². The van der Waals surface area contributed by atoms with E-state index in [9.17, 15) is 14.4 Å². The maximum absolute atomic E-state index is 12.4. The van der Waals surface area contributed by atoms with Crippen LogP contribution < -0.4 is 5.56 Å². The second kappa shape index (κ2) is 5.25. The van der Waals surface area contributed by atoms with Crippen LogP contribution in [0.25, 0.3) is 10.8 Å². The third-order valence-electron chi connectivity index (χ3n) is 3.41. The fourth-order valence-corrected chi connectivity index (χ4v) is 3.47. The van der Waals surface area contributed by atoms with Gasteiger partial charge in [0, 0.05) is 11.1 Å². The number of nitrogens with zero attached hydrogens (tertiary/aromatic N) is 1. The van der Waals surface area contributed by atoms with Crippen LogP contribution in [-0.4, -0.2) is 44.5 Å². The maximum atomic E-state index is 12.4. The summed E-state index contributed by atoms with van der Waals surface area (Å²) in [6.45, 7) is 0. The van der Waals surface area contributed by atoms with E-state index < -0.39 is 17.9 Å². The highest BCUT2D eigenvalue weighted by molar-refractivity contribution is 7.99. The van der Waals surface area contributed by atoms with Crippen molar-refractivity contribution in [1.29, 1.82) is 0 Å². The number of nitrogens with one attached hydrogen (secondary N) is 1. The Morgan fingerprint density at radius 3 is 2.86 bits per heavy atom. The Balaban J connectivity index is 2.02. The van der Waals surface area contributed by atoms with Gasteiger partial charge in [-0.1, -0.05) is 18.2 Å². The number of aromatic nitrogens is 1. The largest absolute Gasteiger partial charge is 0.480 e. The van der Waals surface area contributed by atoms with Crippen molar-refractivity contribution in [3.05, 3.63) is 46.4 Å². The van der Waals surface area contributed by atoms with Crippen LogP contribution in [0.15, 0.2) is 35.1 Å². The highest BCUT2D eigenvalue weighted by Gasteiger charge is 2.35. The number of carboxylic acids is 1. The van der Waals surface area contributed by atoms with E-state index >= 15 is 0 Å². The van der Waals surface area contributed by atoms with Gasteiger partial charge in [-0.2, -0.15) is 0 Å². The van der Waals surface area contributed by atoms with Gasteiger partial charge in [0.25, 0.3) is 11.5 Å². The standard InChI is InChI=1S/C14H12N2O4S/c17-12-9-4-2-1-3-8(9)5-10(15-12)13(18)16-7-21-6-11(16)14(19)20/h1-5,11H,6-7H2,(H,15,17)(H,19,20). The highest BCUT2D eigenvalue weighted by Crippen LogP contribution is 2.23. The molecule has 0 aliphatic carbocycles. The number of carboxylic acid groups (broad SMARTS) is 1. The zero-order valence-corrected chi connectivity index (χ0v) is 11.7. The van der Waals surface area contributed by atoms with E-state index in [2.05, 4.69) is 4.98 Å². The summed E-state index contributed by atoms with van der Waals surface area (Å²) < 4.78 is 0. The van der Waals surface area contributed by atoms with Gasteiger partial charge in [0.15, 0.2) is 0 Å². The number of aliphatic carboxylic acids is 1. The number of carbonyl (C=O) groups is 2. The van der Waals surface area contributed by atoms with Gasteiger partial charge < -0.3 is 15.0 Å². The van der Waals surface area contributed by atoms with Gasteiger partial charge in [-0.15, -0.1) is 11.8 Å². The van der Waals surface area contributed by atoms with Gasteiger partial charge in [-0.05, 0) is 17.5 Å². The predicted molar refractivity (Wildman–Crippen MR) is 79.5 cm³/mol. The van der Waals surface area contributed by atoms with Crippen molar-refractivity contribution in [2.24, 2.45) is 0 Å². The van der Waals surface area contributed by atoms with Gasteiger partial charge in [-0.25, -0.2) is 4.79 Å². The molecule has 0 saturated carbocycles. The summed E-state index contributed by atoms with van der Waals surface area (Å²) in [5.74, 6) is -0.824. The van der Waals surface area contributed by atoms with Crippen molar-refractivity contribution in [2.45, 2.75) is 6.04 Å². The molecular weight excluding hydrogens is 292 g/mol. The van der Waals surface area contributed by atoms with E-state index in [-0.39, 0.29) is 11.3 Å². The minimum absolute atomic E-state index is 0.118. The molecule has 1 aliphatic heterocycles. The monoisotopic (exact) mass is 304 g/mol. The smallest absolute Gasteiger partial charge is 0.327 e. The van der Waals surface area contributed by atoms with Gasteiger partial charge in [-0.3, -0.25) is 9.59 Å². The van der Waals surface area contributed by atoms with E-state index in [1.165, 1.54) is 16.7 Å². The molecule has 1 aliphatic rings. The summed E-state index contributed by atoms with van der Waals surface area (Å²) in [7, 11) is 0. The second-order valence-corrected chi connectivity index (χ2v) is 5.73. The Labute approximate surface area is 123 Å². The Morgan fingerprint density at radius 2 is 2.10 bits per heavy atom. The fourth-order valence-electron chi connectivity index (χ4n) is 2.33. The SMILES string of the molecule is O=C(O)C1CSCN1C(=O)c1cc2ccccc2c(=O)[nH]1. The van der Waals surface area contributed by atoms with Crippen LogP contribution in [0.2, 0.25) is 0 Å². The summed E-state index contributed by atoms with van der Waals surface area (Å²) >= 11 is 1.38. The number of benzene rings is 1. The molecule has 2 aromatic rings. The van der Waals surface area contributed by atoms with Crippen LogP contribution in [0.5, 0.6) is 0 Å². The average Bonchev–Trinajstić information content (AvgIpc) is 2.96. The molecule has 1 unspecified atom stereocenters. The predicted octanol–water partition coefficient (Wildman–Crippen LogP) is 1.13. The number of rotatable bonds is 2. The van der Waals surface area contributed by atoms with E-state index in [1.54, 1.807) is 30.3 Å². The quantitative estimate of drug-likeness (QED) is 0.868. The van der Waals surface area contributed by atoms with Crippen LogP contribution in [0.4, 0.5) is 0 Å². The number of hydrogen-bond donors (Lipinski definition) is 2. The third kappa shape index (κ3) is 2.40. The first kappa shape index (κ1) is 13.7. The molecular formula is C14H12N2O4S. The molecule has 108 valence electrons. The Kier molecular flexibility index (Phi) is 3.42. The summed E-state index contributed by atoms with van der Waals surface area (Å²) in [4.78, 5) is 39.4. The molecule has 1 aromatic carbocycles. The first-order valence-corrected chi connectivity index (χ1v) is 7.47. The molecule has 7 heteroatoms. The Bertz CT molecular complexity index is 786. The molecule has 3 rings (SSSR count). The molecule has 0 bridgehead atoms. The van der Waals surface area contributed by atoms with Crippen LogP contribution in [0, 0.1) is 0 Å². The van der Waals surface area contributed by atoms with E-state index in [0.717, 1.165) is 0 Å². The van der Waals surface area contributed by atoms with Gasteiger partial charge in [0.1, 0.15) is 11.7 Å². The first-order chi connectivity index (χ1) is 10.1. The number of amides is 1. The number of pyridine rings is 1.